The number of ether oxygens (including phenoxy) is 2. The molecule has 4 atom stereocenters. The Balaban J connectivity index is 1.96. The van der Waals surface area contributed by atoms with Crippen molar-refractivity contribution in [2.75, 3.05) is 41.2 Å². The van der Waals surface area contributed by atoms with Gasteiger partial charge in [0.1, 0.15) is 6.10 Å². The highest BCUT2D eigenvalue weighted by molar-refractivity contribution is 7.02. The first-order valence-corrected chi connectivity index (χ1v) is 39.3. The predicted molar refractivity (Wildman–Crippen MR) is 231 cm³/mol. The van der Waals surface area contributed by atoms with Gasteiger partial charge in [0.2, 0.25) is 0 Å². The van der Waals surface area contributed by atoms with Crippen molar-refractivity contribution in [2.45, 2.75) is 103 Å². The van der Waals surface area contributed by atoms with Gasteiger partial charge in [0, 0.05) is 34.0 Å². The van der Waals surface area contributed by atoms with E-state index in [0.717, 1.165) is 23.4 Å². The summed E-state index contributed by atoms with van der Waals surface area (Å²) in [5.41, 5.74) is 0. The Morgan fingerprint density at radius 1 is 0.623 bits per heavy atom. The lowest BCUT2D eigenvalue weighted by atomic mass is 10.4. The SMILES string of the molecule is CO[Si](CC[Si](C)(O[SiH](C)O[Si](C)(C)O[Si](C)(CCCOCC1CO1)O[Si](O[Si](C)(C)C)(c1ccccc1)c1ccccc1)O[Si](C)(C)C)(OC)OC. The van der Waals surface area contributed by atoms with Gasteiger partial charge in [-0.3, -0.25) is 0 Å². The Morgan fingerprint density at radius 3 is 1.58 bits per heavy atom. The van der Waals surface area contributed by atoms with Gasteiger partial charge in [-0.1, -0.05) is 60.7 Å². The molecule has 2 aromatic rings. The summed E-state index contributed by atoms with van der Waals surface area (Å²) in [5, 5.41) is 2.13. The summed E-state index contributed by atoms with van der Waals surface area (Å²) in [6.45, 7) is 25.9. The van der Waals surface area contributed by atoms with Crippen LogP contribution in [0.3, 0.4) is 0 Å². The third kappa shape index (κ3) is 15.9. The average Bonchev–Trinajstić information content (AvgIpc) is 3.88. The second-order valence-corrected chi connectivity index (χ2v) is 44.9. The van der Waals surface area contributed by atoms with Crippen LogP contribution in [0, 0.1) is 0 Å². The van der Waals surface area contributed by atoms with E-state index in [2.05, 4.69) is 121 Å². The molecular weight excluding hydrogens is 809 g/mol. The molecule has 3 rings (SSSR count). The number of hydrogen-bond acceptors (Lipinski definition) is 11. The summed E-state index contributed by atoms with van der Waals surface area (Å²) >= 11 is 0. The molecule has 0 bridgehead atoms. The van der Waals surface area contributed by atoms with Crippen LogP contribution < -0.4 is 10.4 Å². The zero-order valence-electron chi connectivity index (χ0n) is 34.9. The smallest absolute Gasteiger partial charge is 0.437 e. The van der Waals surface area contributed by atoms with Gasteiger partial charge < -0.3 is 47.4 Å². The van der Waals surface area contributed by atoms with Crippen molar-refractivity contribution in [1.29, 1.82) is 0 Å². The van der Waals surface area contributed by atoms with Crippen molar-refractivity contribution in [3.63, 3.8) is 0 Å². The molecule has 1 aliphatic rings. The van der Waals surface area contributed by atoms with Crippen LogP contribution in [0.5, 0.6) is 0 Å². The average molecular weight is 878 g/mol. The van der Waals surface area contributed by atoms with E-state index in [1.54, 1.807) is 21.3 Å². The fourth-order valence-corrected chi connectivity index (χ4v) is 40.8. The Hall–Kier alpha value is -0.265. The zero-order valence-corrected chi connectivity index (χ0v) is 43.0. The maximum absolute atomic E-state index is 7.68. The second kappa shape index (κ2) is 19.9. The van der Waals surface area contributed by atoms with Gasteiger partial charge in [-0.2, -0.15) is 0 Å². The standard InChI is InChI=1S/C34H68O11Si8/c1-35-52(36-2,37-3)29-28-50(13,42-47(5,6)7)41-46(4)40-49(11,12)44-51(14,27-21-26-38-30-32-31-39-32)45-53(43-48(8,9)10,33-22-17-15-18-23-33)34-24-19-16-20-25-34/h15-20,22-25,32,46H,21,26-31H2,1-14H3. The Bertz CT molecular complexity index is 1310. The molecule has 2 aromatic carbocycles. The molecule has 0 saturated carbocycles. The first-order chi connectivity index (χ1) is 24.6. The van der Waals surface area contributed by atoms with Crippen LogP contribution in [0.15, 0.2) is 60.7 Å². The van der Waals surface area contributed by atoms with Gasteiger partial charge >= 0.3 is 52.3 Å². The van der Waals surface area contributed by atoms with Crippen LogP contribution in [0.1, 0.15) is 6.42 Å². The van der Waals surface area contributed by atoms with E-state index in [1.807, 2.05) is 12.1 Å². The molecule has 0 aliphatic carbocycles. The first kappa shape index (κ1) is 47.1. The largest absolute Gasteiger partial charge is 0.500 e. The molecule has 0 N–H and O–H groups in total. The number of rotatable bonds is 26. The predicted octanol–water partition coefficient (Wildman–Crippen LogP) is 6.39. The Kier molecular flexibility index (Phi) is 17.7. The van der Waals surface area contributed by atoms with Crippen LogP contribution in [0.2, 0.25) is 90.1 Å². The van der Waals surface area contributed by atoms with Crippen molar-refractivity contribution < 1.29 is 47.4 Å². The van der Waals surface area contributed by atoms with E-state index in [0.29, 0.717) is 31.3 Å². The molecule has 0 aromatic heterocycles. The lowest BCUT2D eigenvalue weighted by Gasteiger charge is -2.45. The molecule has 1 heterocycles. The van der Waals surface area contributed by atoms with Crippen molar-refractivity contribution in [1.82, 2.24) is 0 Å². The minimum atomic E-state index is -3.30. The van der Waals surface area contributed by atoms with Gasteiger partial charge in [0.15, 0.2) is 16.6 Å². The molecule has 53 heavy (non-hydrogen) atoms. The molecule has 1 fully saturated rings. The maximum atomic E-state index is 7.68. The Labute approximate surface area is 329 Å². The van der Waals surface area contributed by atoms with Crippen LogP contribution in [0.25, 0.3) is 0 Å². The van der Waals surface area contributed by atoms with E-state index in [9.17, 15) is 0 Å². The highest BCUT2D eigenvalue weighted by Crippen LogP contribution is 2.31. The molecular formula is C34H68O11Si8. The summed E-state index contributed by atoms with van der Waals surface area (Å²) in [4.78, 5) is 0. The number of benzene rings is 2. The third-order valence-corrected chi connectivity index (χ3v) is 37.5. The van der Waals surface area contributed by atoms with E-state index >= 15 is 0 Å². The minimum Gasteiger partial charge on any atom is -0.437 e. The van der Waals surface area contributed by atoms with E-state index < -0.39 is 69.0 Å². The van der Waals surface area contributed by atoms with E-state index in [4.69, 9.17) is 47.4 Å². The van der Waals surface area contributed by atoms with Gasteiger partial charge in [0.25, 0.3) is 0 Å². The summed E-state index contributed by atoms with van der Waals surface area (Å²) in [5.74, 6) is 0. The normalized spacial score (nSPS) is 18.7. The van der Waals surface area contributed by atoms with Gasteiger partial charge in [-0.25, -0.2) is 0 Å². The van der Waals surface area contributed by atoms with E-state index in [1.165, 1.54) is 0 Å². The highest BCUT2D eigenvalue weighted by atomic mass is 28.5. The van der Waals surface area contributed by atoms with Crippen molar-refractivity contribution in [3.05, 3.63) is 60.7 Å². The lowest BCUT2D eigenvalue weighted by Crippen LogP contribution is -2.71. The summed E-state index contributed by atoms with van der Waals surface area (Å²) in [6.07, 6.45) is 0.999. The quantitative estimate of drug-likeness (QED) is 0.0597. The number of hydrogen-bond donors (Lipinski definition) is 0. The molecule has 4 unspecified atom stereocenters. The van der Waals surface area contributed by atoms with Crippen molar-refractivity contribution >= 4 is 79.3 Å². The van der Waals surface area contributed by atoms with Crippen LogP contribution >= 0.6 is 0 Å². The maximum Gasteiger partial charge on any atom is 0.500 e. The van der Waals surface area contributed by atoms with E-state index in [-0.39, 0.29) is 6.10 Å². The lowest BCUT2D eigenvalue weighted by molar-refractivity contribution is 0.115. The summed E-state index contributed by atoms with van der Waals surface area (Å²) < 4.78 is 71.7. The van der Waals surface area contributed by atoms with Crippen LogP contribution in [-0.2, 0) is 47.4 Å². The molecule has 0 radical (unpaired) electrons. The zero-order chi connectivity index (χ0) is 39.6. The third-order valence-electron chi connectivity index (χ3n) is 8.41. The fourth-order valence-electron chi connectivity index (χ4n) is 6.51. The van der Waals surface area contributed by atoms with Crippen molar-refractivity contribution in [3.8, 4) is 0 Å². The fraction of sp³-hybridized carbons (Fsp3) is 0.647. The first-order valence-electron chi connectivity index (χ1n) is 18.7. The van der Waals surface area contributed by atoms with Gasteiger partial charge in [-0.15, -0.1) is 0 Å². The molecule has 0 amide bonds. The molecule has 1 aliphatic heterocycles. The summed E-state index contributed by atoms with van der Waals surface area (Å²) in [6, 6.07) is 22.9. The van der Waals surface area contributed by atoms with Gasteiger partial charge in [0.05, 0.1) is 13.2 Å². The molecule has 19 heteroatoms. The minimum absolute atomic E-state index is 0.218. The monoisotopic (exact) mass is 876 g/mol. The molecule has 11 nitrogen and oxygen atoms in total. The van der Waals surface area contributed by atoms with Crippen molar-refractivity contribution in [2.24, 2.45) is 0 Å². The Morgan fingerprint density at radius 2 is 1.13 bits per heavy atom. The molecule has 302 valence electrons. The van der Waals surface area contributed by atoms with Crippen LogP contribution in [-0.4, -0.2) is 116 Å². The second-order valence-electron chi connectivity index (χ2n) is 16.4. The van der Waals surface area contributed by atoms with Gasteiger partial charge in [-0.05, 0) is 101 Å². The molecule has 0 spiro atoms. The highest BCUT2D eigenvalue weighted by Gasteiger charge is 2.54. The summed E-state index contributed by atoms with van der Waals surface area (Å²) in [7, 11) is -16.3. The topological polar surface area (TPSA) is 105 Å². The van der Waals surface area contributed by atoms with Crippen LogP contribution in [0.4, 0.5) is 0 Å². The molecule has 1 saturated heterocycles. The number of epoxide rings is 1.